The van der Waals surface area contributed by atoms with E-state index < -0.39 is 40.9 Å². The van der Waals surface area contributed by atoms with E-state index in [9.17, 15) is 31.1 Å². The molecule has 0 bridgehead atoms. The molecule has 2 aromatic rings. The number of aromatic nitrogens is 4. The summed E-state index contributed by atoms with van der Waals surface area (Å²) in [6.45, 7) is 2.30. The SMILES string of the molecule is C[C@@H](COCC1=N/N(C)CCN(c2ccc(C(F)(F)F)nn2)C\C=C\1Cl)Nc1cn[nH]c(=O)c1C(F)(F)F. The zero-order chi connectivity index (χ0) is 28.1. The van der Waals surface area contributed by atoms with Crippen LogP contribution in [0.4, 0.5) is 37.8 Å². The minimum absolute atomic E-state index is 0.0652. The van der Waals surface area contributed by atoms with Crippen LogP contribution in [0.1, 0.15) is 18.2 Å². The van der Waals surface area contributed by atoms with E-state index in [2.05, 4.69) is 25.7 Å². The standard InChI is InChI=1S/C21H23ClF6N8O2/c1-12(30-14-9-29-33-19(37)18(14)21(26,27)28)10-38-11-15-13(22)5-6-36(8-7-35(2)34-15)17-4-3-16(31-32-17)20(23,24)25/h3-5,9,12H,6-8,10-11H2,1-2H3,(H2,30,33,37)/b13-5-,34-15-/t12-/m0/s1. The molecule has 1 aliphatic rings. The second-order valence-corrected chi connectivity index (χ2v) is 8.65. The fourth-order valence-electron chi connectivity index (χ4n) is 3.35. The molecule has 0 radical (unpaired) electrons. The Morgan fingerprint density at radius 1 is 1.16 bits per heavy atom. The first-order valence-corrected chi connectivity index (χ1v) is 11.4. The quantitative estimate of drug-likeness (QED) is 0.489. The number of hydrazone groups is 1. The molecule has 0 unspecified atom stereocenters. The Kier molecular flexibility index (Phi) is 9.19. The molecule has 0 fully saturated rings. The van der Waals surface area contributed by atoms with Crippen molar-refractivity contribution in [1.29, 1.82) is 0 Å². The van der Waals surface area contributed by atoms with Crippen molar-refractivity contribution in [2.75, 3.05) is 50.1 Å². The van der Waals surface area contributed by atoms with Crippen LogP contribution in [0.5, 0.6) is 0 Å². The zero-order valence-corrected chi connectivity index (χ0v) is 20.8. The number of likely N-dealkylation sites (N-methyl/N-ethyl adjacent to an activating group) is 1. The predicted octanol–water partition coefficient (Wildman–Crippen LogP) is 3.35. The van der Waals surface area contributed by atoms with Gasteiger partial charge in [-0.2, -0.15) is 36.5 Å². The van der Waals surface area contributed by atoms with E-state index >= 15 is 0 Å². The Labute approximate surface area is 217 Å². The third-order valence-electron chi connectivity index (χ3n) is 5.16. The normalized spacial score (nSPS) is 19.0. The number of H-pyrrole nitrogens is 1. The molecule has 0 aliphatic carbocycles. The predicted molar refractivity (Wildman–Crippen MR) is 127 cm³/mol. The van der Waals surface area contributed by atoms with Crippen LogP contribution >= 0.6 is 11.6 Å². The Bertz CT molecular complexity index is 1220. The van der Waals surface area contributed by atoms with Gasteiger partial charge < -0.3 is 15.0 Å². The third kappa shape index (κ3) is 7.80. The van der Waals surface area contributed by atoms with Gasteiger partial charge in [0, 0.05) is 26.2 Å². The highest BCUT2D eigenvalue weighted by molar-refractivity contribution is 6.43. The number of anilines is 2. The number of rotatable bonds is 7. The topological polar surface area (TPSA) is 112 Å². The molecule has 2 aromatic heterocycles. The molecule has 2 N–H and O–H groups in total. The maximum Gasteiger partial charge on any atom is 0.435 e. The van der Waals surface area contributed by atoms with E-state index in [0.29, 0.717) is 18.8 Å². The van der Waals surface area contributed by atoms with Gasteiger partial charge in [0.2, 0.25) is 0 Å². The molecule has 0 amide bonds. The van der Waals surface area contributed by atoms with E-state index in [4.69, 9.17) is 16.3 Å². The first-order chi connectivity index (χ1) is 17.8. The summed E-state index contributed by atoms with van der Waals surface area (Å²) in [5, 5.41) is 20.8. The molecule has 3 heterocycles. The molecule has 0 spiro atoms. The van der Waals surface area contributed by atoms with Crippen LogP contribution < -0.4 is 15.8 Å². The molecule has 1 aliphatic heterocycles. The van der Waals surface area contributed by atoms with Crippen LogP contribution in [0.15, 0.2) is 39.3 Å². The summed E-state index contributed by atoms with van der Waals surface area (Å²) >= 11 is 6.39. The lowest BCUT2D eigenvalue weighted by Crippen LogP contribution is -2.32. The molecule has 0 saturated heterocycles. The maximum absolute atomic E-state index is 13.2. The number of alkyl halides is 6. The van der Waals surface area contributed by atoms with Crippen molar-refractivity contribution in [3.05, 3.63) is 51.0 Å². The van der Waals surface area contributed by atoms with Crippen LogP contribution in [0, 0.1) is 0 Å². The van der Waals surface area contributed by atoms with Gasteiger partial charge in [0.15, 0.2) is 11.5 Å². The number of aromatic amines is 1. The molecule has 17 heteroatoms. The molecular formula is C21H23ClF6N8O2. The van der Waals surface area contributed by atoms with Gasteiger partial charge in [0.25, 0.3) is 5.56 Å². The van der Waals surface area contributed by atoms with E-state index in [0.717, 1.165) is 12.3 Å². The minimum Gasteiger partial charge on any atom is -0.378 e. The van der Waals surface area contributed by atoms with E-state index in [-0.39, 0.29) is 30.6 Å². The Hall–Kier alpha value is -3.40. The Balaban J connectivity index is 1.63. The maximum atomic E-state index is 13.2. The lowest BCUT2D eigenvalue weighted by atomic mass is 10.2. The van der Waals surface area contributed by atoms with Gasteiger partial charge in [0.05, 0.1) is 36.7 Å². The number of hydrogen-bond acceptors (Lipinski definition) is 9. The average molecular weight is 569 g/mol. The van der Waals surface area contributed by atoms with Gasteiger partial charge in [0.1, 0.15) is 11.3 Å². The lowest BCUT2D eigenvalue weighted by Gasteiger charge is -2.23. The number of halogens is 7. The summed E-state index contributed by atoms with van der Waals surface area (Å²) < 4.78 is 83.6. The Morgan fingerprint density at radius 3 is 2.53 bits per heavy atom. The second-order valence-electron chi connectivity index (χ2n) is 8.25. The molecular weight excluding hydrogens is 546 g/mol. The summed E-state index contributed by atoms with van der Waals surface area (Å²) in [6, 6.07) is 1.41. The summed E-state index contributed by atoms with van der Waals surface area (Å²) in [7, 11) is 1.66. The number of hydrogen-bond donors (Lipinski definition) is 2. The van der Waals surface area contributed by atoms with Gasteiger partial charge >= 0.3 is 12.4 Å². The van der Waals surface area contributed by atoms with Gasteiger partial charge in [-0.3, -0.25) is 9.80 Å². The van der Waals surface area contributed by atoms with E-state index in [1.54, 1.807) is 35.1 Å². The van der Waals surface area contributed by atoms with Crippen molar-refractivity contribution in [2.45, 2.75) is 25.3 Å². The summed E-state index contributed by atoms with van der Waals surface area (Å²) in [5.74, 6) is 0.221. The summed E-state index contributed by atoms with van der Waals surface area (Å²) in [6.07, 6.45) is -7.03. The summed E-state index contributed by atoms with van der Waals surface area (Å²) in [4.78, 5) is 13.3. The highest BCUT2D eigenvalue weighted by Crippen LogP contribution is 2.31. The number of ether oxygens (including phenoxy) is 1. The van der Waals surface area contributed by atoms with Crippen molar-refractivity contribution in [2.24, 2.45) is 5.10 Å². The lowest BCUT2D eigenvalue weighted by molar-refractivity contribution is -0.141. The number of nitrogens with zero attached hydrogens (tertiary/aromatic N) is 6. The first-order valence-electron chi connectivity index (χ1n) is 11.1. The second kappa shape index (κ2) is 12.0. The highest BCUT2D eigenvalue weighted by atomic mass is 35.5. The zero-order valence-electron chi connectivity index (χ0n) is 20.1. The van der Waals surface area contributed by atoms with Crippen molar-refractivity contribution in [1.82, 2.24) is 25.4 Å². The largest absolute Gasteiger partial charge is 0.435 e. The van der Waals surface area contributed by atoms with Gasteiger partial charge in [-0.15, -0.1) is 10.2 Å². The van der Waals surface area contributed by atoms with Crippen LogP contribution in [0.3, 0.4) is 0 Å². The van der Waals surface area contributed by atoms with Crippen molar-refractivity contribution >= 4 is 28.8 Å². The fraction of sp³-hybridized carbons (Fsp3) is 0.476. The average Bonchev–Trinajstić information content (AvgIpc) is 2.88. The van der Waals surface area contributed by atoms with Crippen molar-refractivity contribution < 1.29 is 31.1 Å². The molecule has 1 atom stereocenters. The van der Waals surface area contributed by atoms with Crippen LogP contribution in [-0.4, -0.2) is 77.1 Å². The fourth-order valence-corrected chi connectivity index (χ4v) is 3.51. The smallest absolute Gasteiger partial charge is 0.378 e. The Morgan fingerprint density at radius 2 is 1.89 bits per heavy atom. The number of nitrogens with one attached hydrogen (secondary N) is 2. The van der Waals surface area contributed by atoms with E-state index in [1.807, 2.05) is 0 Å². The van der Waals surface area contributed by atoms with Crippen LogP contribution in [-0.2, 0) is 17.1 Å². The van der Waals surface area contributed by atoms with Crippen molar-refractivity contribution in [3.8, 4) is 0 Å². The monoisotopic (exact) mass is 568 g/mol. The van der Waals surface area contributed by atoms with Crippen LogP contribution in [0.25, 0.3) is 0 Å². The minimum atomic E-state index is -4.88. The highest BCUT2D eigenvalue weighted by Gasteiger charge is 2.37. The molecule has 0 saturated carbocycles. The molecule has 3 rings (SSSR count). The third-order valence-corrected chi connectivity index (χ3v) is 5.54. The van der Waals surface area contributed by atoms with E-state index in [1.165, 1.54) is 6.07 Å². The molecule has 0 aromatic carbocycles. The summed E-state index contributed by atoms with van der Waals surface area (Å²) in [5.41, 5.74) is -4.02. The van der Waals surface area contributed by atoms with Gasteiger partial charge in [-0.1, -0.05) is 11.6 Å². The molecule has 208 valence electrons. The van der Waals surface area contributed by atoms with Crippen molar-refractivity contribution in [3.63, 3.8) is 0 Å². The van der Waals surface area contributed by atoms with Crippen LogP contribution in [0.2, 0.25) is 0 Å². The first kappa shape index (κ1) is 29.2. The van der Waals surface area contributed by atoms with Gasteiger partial charge in [-0.05, 0) is 25.1 Å². The molecule has 38 heavy (non-hydrogen) atoms. The van der Waals surface area contributed by atoms with Gasteiger partial charge in [-0.25, -0.2) is 5.10 Å². The molecule has 10 nitrogen and oxygen atoms in total.